The van der Waals surface area contributed by atoms with Gasteiger partial charge in [0.1, 0.15) is 0 Å². The Kier molecular flexibility index (Phi) is 5.91. The van der Waals surface area contributed by atoms with Crippen LogP contribution in [0.1, 0.15) is 61.6 Å². The van der Waals surface area contributed by atoms with Crippen LogP contribution in [0.5, 0.6) is 0 Å². The molecule has 1 N–H and O–H groups in total. The monoisotopic (exact) mass is 335 g/mol. The first kappa shape index (κ1) is 17.7. The van der Waals surface area contributed by atoms with Gasteiger partial charge in [-0.25, -0.2) is 0 Å². The molecule has 2 aromatic rings. The molecule has 3 atom stereocenters. The van der Waals surface area contributed by atoms with Crippen LogP contribution in [0.4, 0.5) is 0 Å². The second kappa shape index (κ2) is 8.33. The SMILES string of the molecule is CCC(=O)NCC1c2ccccc2C(CC)CC1Cc1ccccc1. The molecule has 3 rings (SSSR count). The summed E-state index contributed by atoms with van der Waals surface area (Å²) in [5, 5.41) is 3.15. The highest BCUT2D eigenvalue weighted by Crippen LogP contribution is 2.44. The normalized spacial score (nSPS) is 22.2. The highest BCUT2D eigenvalue weighted by molar-refractivity contribution is 5.75. The summed E-state index contributed by atoms with van der Waals surface area (Å²) in [4.78, 5) is 11.8. The largest absolute Gasteiger partial charge is 0.355 e. The molecule has 0 spiro atoms. The standard InChI is InChI=1S/C23H29NO/c1-3-18-15-19(14-17-10-6-5-7-11-17)22(16-24-23(25)4-2)21-13-9-8-12-20(18)21/h5-13,18-19,22H,3-4,14-16H2,1-2H3,(H,24,25). The maximum absolute atomic E-state index is 11.8. The van der Waals surface area contributed by atoms with Crippen LogP contribution in [0.2, 0.25) is 0 Å². The summed E-state index contributed by atoms with van der Waals surface area (Å²) in [6.07, 6.45) is 4.01. The summed E-state index contributed by atoms with van der Waals surface area (Å²) in [7, 11) is 0. The Balaban J connectivity index is 1.89. The van der Waals surface area contributed by atoms with Gasteiger partial charge in [0.25, 0.3) is 0 Å². The van der Waals surface area contributed by atoms with Crippen LogP contribution in [0.25, 0.3) is 0 Å². The van der Waals surface area contributed by atoms with E-state index in [9.17, 15) is 4.79 Å². The van der Waals surface area contributed by atoms with Crippen LogP contribution in [0, 0.1) is 5.92 Å². The fourth-order valence-electron chi connectivity index (χ4n) is 4.29. The van der Waals surface area contributed by atoms with Crippen molar-refractivity contribution in [1.29, 1.82) is 0 Å². The topological polar surface area (TPSA) is 29.1 Å². The second-order valence-electron chi connectivity index (χ2n) is 7.18. The van der Waals surface area contributed by atoms with E-state index in [2.05, 4.69) is 66.8 Å². The summed E-state index contributed by atoms with van der Waals surface area (Å²) in [6, 6.07) is 19.6. The summed E-state index contributed by atoms with van der Waals surface area (Å²) in [6.45, 7) is 4.95. The Morgan fingerprint density at radius 1 is 1.00 bits per heavy atom. The fourth-order valence-corrected chi connectivity index (χ4v) is 4.29. The second-order valence-corrected chi connectivity index (χ2v) is 7.18. The lowest BCUT2D eigenvalue weighted by atomic mass is 9.67. The number of nitrogens with one attached hydrogen (secondary N) is 1. The van der Waals surface area contributed by atoms with E-state index in [0.29, 0.717) is 24.2 Å². The van der Waals surface area contributed by atoms with Gasteiger partial charge in [0.15, 0.2) is 0 Å². The minimum Gasteiger partial charge on any atom is -0.355 e. The van der Waals surface area contributed by atoms with Gasteiger partial charge in [-0.05, 0) is 47.8 Å². The summed E-state index contributed by atoms with van der Waals surface area (Å²) in [5.41, 5.74) is 4.33. The van der Waals surface area contributed by atoms with Crippen LogP contribution in [0.15, 0.2) is 54.6 Å². The molecule has 0 radical (unpaired) electrons. The van der Waals surface area contributed by atoms with Crippen molar-refractivity contribution in [3.63, 3.8) is 0 Å². The van der Waals surface area contributed by atoms with Crippen molar-refractivity contribution in [3.05, 3.63) is 71.3 Å². The van der Waals surface area contributed by atoms with Crippen molar-refractivity contribution < 1.29 is 4.79 Å². The zero-order valence-electron chi connectivity index (χ0n) is 15.4. The average Bonchev–Trinajstić information content (AvgIpc) is 2.67. The number of hydrogen-bond donors (Lipinski definition) is 1. The molecule has 132 valence electrons. The molecule has 3 unspecified atom stereocenters. The van der Waals surface area contributed by atoms with E-state index in [0.717, 1.165) is 13.0 Å². The third-order valence-corrected chi connectivity index (χ3v) is 5.67. The van der Waals surface area contributed by atoms with Gasteiger partial charge in [0.05, 0.1) is 0 Å². The van der Waals surface area contributed by atoms with Crippen LogP contribution in [0.3, 0.4) is 0 Å². The Labute approximate surface area is 151 Å². The third kappa shape index (κ3) is 4.12. The van der Waals surface area contributed by atoms with Crippen molar-refractivity contribution in [2.45, 2.75) is 51.4 Å². The lowest BCUT2D eigenvalue weighted by Gasteiger charge is -2.38. The van der Waals surface area contributed by atoms with Gasteiger partial charge in [-0.15, -0.1) is 0 Å². The van der Waals surface area contributed by atoms with Crippen LogP contribution >= 0.6 is 0 Å². The van der Waals surface area contributed by atoms with Gasteiger partial charge >= 0.3 is 0 Å². The lowest BCUT2D eigenvalue weighted by molar-refractivity contribution is -0.120. The molecule has 2 aromatic carbocycles. The van der Waals surface area contributed by atoms with Gasteiger partial charge in [-0.3, -0.25) is 4.79 Å². The molecule has 1 aliphatic carbocycles. The molecular weight excluding hydrogens is 306 g/mol. The minimum absolute atomic E-state index is 0.147. The Morgan fingerprint density at radius 2 is 1.68 bits per heavy atom. The number of benzene rings is 2. The fraction of sp³-hybridized carbons (Fsp3) is 0.435. The molecule has 0 bridgehead atoms. The number of carbonyl (C=O) groups is 1. The predicted octanol–water partition coefficient (Wildman–Crippen LogP) is 5.05. The van der Waals surface area contributed by atoms with Crippen molar-refractivity contribution in [2.75, 3.05) is 6.54 Å². The predicted molar refractivity (Wildman–Crippen MR) is 104 cm³/mol. The molecule has 2 nitrogen and oxygen atoms in total. The van der Waals surface area contributed by atoms with Crippen molar-refractivity contribution >= 4 is 5.91 Å². The first-order valence-electron chi connectivity index (χ1n) is 9.62. The molecule has 25 heavy (non-hydrogen) atoms. The number of amides is 1. The zero-order chi connectivity index (χ0) is 17.6. The Bertz CT molecular complexity index is 694. The van der Waals surface area contributed by atoms with E-state index in [1.54, 1.807) is 0 Å². The number of fused-ring (bicyclic) bond motifs is 1. The van der Waals surface area contributed by atoms with Crippen molar-refractivity contribution in [3.8, 4) is 0 Å². The van der Waals surface area contributed by atoms with Crippen molar-refractivity contribution in [1.82, 2.24) is 5.32 Å². The molecule has 1 amide bonds. The molecular formula is C23H29NO. The van der Waals surface area contributed by atoms with Gasteiger partial charge in [0, 0.05) is 18.9 Å². The number of carbonyl (C=O) groups excluding carboxylic acids is 1. The highest BCUT2D eigenvalue weighted by atomic mass is 16.1. The number of hydrogen-bond acceptors (Lipinski definition) is 1. The van der Waals surface area contributed by atoms with Crippen LogP contribution in [-0.2, 0) is 11.2 Å². The van der Waals surface area contributed by atoms with Gasteiger partial charge in [-0.1, -0.05) is 68.4 Å². The zero-order valence-corrected chi connectivity index (χ0v) is 15.4. The maximum Gasteiger partial charge on any atom is 0.219 e. The summed E-state index contributed by atoms with van der Waals surface area (Å²) in [5.74, 6) is 1.74. The lowest BCUT2D eigenvalue weighted by Crippen LogP contribution is -2.35. The smallest absolute Gasteiger partial charge is 0.219 e. The van der Waals surface area contributed by atoms with E-state index in [-0.39, 0.29) is 5.91 Å². The van der Waals surface area contributed by atoms with Crippen LogP contribution in [-0.4, -0.2) is 12.5 Å². The van der Waals surface area contributed by atoms with E-state index in [1.807, 2.05) is 6.92 Å². The Hall–Kier alpha value is -2.09. The van der Waals surface area contributed by atoms with E-state index >= 15 is 0 Å². The van der Waals surface area contributed by atoms with Crippen molar-refractivity contribution in [2.24, 2.45) is 5.92 Å². The molecule has 0 heterocycles. The molecule has 0 aromatic heterocycles. The summed E-state index contributed by atoms with van der Waals surface area (Å²) >= 11 is 0. The minimum atomic E-state index is 0.147. The first-order valence-corrected chi connectivity index (χ1v) is 9.62. The molecule has 0 aliphatic heterocycles. The Morgan fingerprint density at radius 3 is 2.36 bits per heavy atom. The molecule has 0 fully saturated rings. The van der Waals surface area contributed by atoms with E-state index in [4.69, 9.17) is 0 Å². The summed E-state index contributed by atoms with van der Waals surface area (Å²) < 4.78 is 0. The van der Waals surface area contributed by atoms with Gasteiger partial charge < -0.3 is 5.32 Å². The quantitative estimate of drug-likeness (QED) is 0.786. The van der Waals surface area contributed by atoms with Crippen LogP contribution < -0.4 is 5.32 Å². The first-order chi connectivity index (χ1) is 12.2. The van der Waals surface area contributed by atoms with E-state index < -0.39 is 0 Å². The van der Waals surface area contributed by atoms with Gasteiger partial charge in [0.2, 0.25) is 5.91 Å². The molecule has 1 aliphatic rings. The molecule has 0 saturated heterocycles. The molecule has 2 heteroatoms. The highest BCUT2D eigenvalue weighted by Gasteiger charge is 2.34. The molecule has 0 saturated carbocycles. The average molecular weight is 335 g/mol. The third-order valence-electron chi connectivity index (χ3n) is 5.67. The van der Waals surface area contributed by atoms with E-state index in [1.165, 1.54) is 29.5 Å². The number of rotatable bonds is 6. The maximum atomic E-state index is 11.8. The van der Waals surface area contributed by atoms with Gasteiger partial charge in [-0.2, -0.15) is 0 Å².